The van der Waals surface area contributed by atoms with Gasteiger partial charge >= 0.3 is 0 Å². The standard InChI is InChI=1S/C20H37N3O2S/c1-6-8-14-22(15-9-7-2)26(24,25)18-16-23(17-12-10-11-13-17)21-19(18)20(3,4)5/h16-17H,6-15H2,1-5H3. The van der Waals surface area contributed by atoms with Crippen LogP contribution in [0.4, 0.5) is 0 Å². The Morgan fingerprint density at radius 1 is 1.12 bits per heavy atom. The van der Waals surface area contributed by atoms with E-state index in [0.29, 0.717) is 29.7 Å². The Labute approximate surface area is 160 Å². The van der Waals surface area contributed by atoms with E-state index in [-0.39, 0.29) is 5.41 Å². The molecule has 0 amide bonds. The first-order valence-electron chi connectivity index (χ1n) is 10.3. The molecule has 0 N–H and O–H groups in total. The van der Waals surface area contributed by atoms with Gasteiger partial charge in [0.2, 0.25) is 10.0 Å². The first-order chi connectivity index (χ1) is 12.2. The average Bonchev–Trinajstić information content (AvgIpc) is 3.23. The van der Waals surface area contributed by atoms with E-state index in [0.717, 1.165) is 38.5 Å². The fourth-order valence-electron chi connectivity index (χ4n) is 3.60. The van der Waals surface area contributed by atoms with Crippen molar-refractivity contribution in [3.05, 3.63) is 11.9 Å². The van der Waals surface area contributed by atoms with Crippen LogP contribution in [0.1, 0.15) is 97.7 Å². The molecule has 0 bridgehead atoms. The smallest absolute Gasteiger partial charge is 0.246 e. The van der Waals surface area contributed by atoms with Gasteiger partial charge in [0.25, 0.3) is 0 Å². The van der Waals surface area contributed by atoms with Crippen molar-refractivity contribution in [2.45, 2.75) is 102 Å². The Kier molecular flexibility index (Phi) is 7.31. The van der Waals surface area contributed by atoms with Crippen LogP contribution < -0.4 is 0 Å². The fraction of sp³-hybridized carbons (Fsp3) is 0.850. The molecule has 6 heteroatoms. The quantitative estimate of drug-likeness (QED) is 0.610. The molecule has 1 fully saturated rings. The summed E-state index contributed by atoms with van der Waals surface area (Å²) in [6, 6.07) is 0.347. The number of hydrogen-bond donors (Lipinski definition) is 0. The number of aromatic nitrogens is 2. The van der Waals surface area contributed by atoms with E-state index in [1.807, 2.05) is 10.9 Å². The monoisotopic (exact) mass is 383 g/mol. The summed E-state index contributed by atoms with van der Waals surface area (Å²) in [4.78, 5) is 0.420. The van der Waals surface area contributed by atoms with E-state index in [2.05, 4.69) is 34.6 Å². The predicted octanol–water partition coefficient (Wildman–Crippen LogP) is 4.89. The predicted molar refractivity (Wildman–Crippen MR) is 107 cm³/mol. The van der Waals surface area contributed by atoms with Gasteiger partial charge in [0, 0.05) is 24.7 Å². The van der Waals surface area contributed by atoms with Crippen LogP contribution in [0.15, 0.2) is 11.1 Å². The highest BCUT2D eigenvalue weighted by Crippen LogP contribution is 2.34. The molecule has 0 saturated heterocycles. The van der Waals surface area contributed by atoms with Gasteiger partial charge < -0.3 is 0 Å². The third kappa shape index (κ3) is 4.89. The zero-order valence-corrected chi connectivity index (χ0v) is 18.1. The van der Waals surface area contributed by atoms with Gasteiger partial charge in [0.15, 0.2) is 0 Å². The molecule has 1 aliphatic rings. The van der Waals surface area contributed by atoms with Crippen molar-refractivity contribution in [1.82, 2.24) is 14.1 Å². The number of nitrogens with zero attached hydrogens (tertiary/aromatic N) is 3. The number of hydrogen-bond acceptors (Lipinski definition) is 3. The molecule has 2 rings (SSSR count). The summed E-state index contributed by atoms with van der Waals surface area (Å²) >= 11 is 0. The van der Waals surface area contributed by atoms with Crippen LogP contribution in [0.5, 0.6) is 0 Å². The Bertz CT molecular complexity index is 660. The van der Waals surface area contributed by atoms with Gasteiger partial charge in [-0.1, -0.05) is 60.3 Å². The van der Waals surface area contributed by atoms with E-state index in [4.69, 9.17) is 5.10 Å². The first kappa shape index (κ1) is 21.4. The molecule has 1 aromatic rings. The molecule has 0 unspecified atom stereocenters. The number of rotatable bonds is 9. The molecular formula is C20H37N3O2S. The molecular weight excluding hydrogens is 346 g/mol. The van der Waals surface area contributed by atoms with Crippen LogP contribution in [0.2, 0.25) is 0 Å². The maximum absolute atomic E-state index is 13.5. The van der Waals surface area contributed by atoms with Crippen LogP contribution in [-0.4, -0.2) is 35.6 Å². The molecule has 0 aromatic carbocycles. The molecule has 0 spiro atoms. The van der Waals surface area contributed by atoms with Gasteiger partial charge in [0.05, 0.1) is 11.7 Å². The summed E-state index contributed by atoms with van der Waals surface area (Å²) in [5, 5.41) is 4.78. The second-order valence-electron chi connectivity index (χ2n) is 8.62. The van der Waals surface area contributed by atoms with Gasteiger partial charge in [-0.3, -0.25) is 4.68 Å². The van der Waals surface area contributed by atoms with Crippen LogP contribution in [0.3, 0.4) is 0 Å². The summed E-state index contributed by atoms with van der Waals surface area (Å²) in [7, 11) is -3.52. The Balaban J connectivity index is 2.44. The lowest BCUT2D eigenvalue weighted by atomic mass is 9.92. The molecule has 5 nitrogen and oxygen atoms in total. The molecule has 1 aliphatic carbocycles. The zero-order chi connectivity index (χ0) is 19.4. The van der Waals surface area contributed by atoms with Crippen molar-refractivity contribution < 1.29 is 8.42 Å². The van der Waals surface area contributed by atoms with E-state index in [9.17, 15) is 8.42 Å². The van der Waals surface area contributed by atoms with Crippen molar-refractivity contribution in [1.29, 1.82) is 0 Å². The Hall–Kier alpha value is -0.880. The SMILES string of the molecule is CCCCN(CCCC)S(=O)(=O)c1cn(C2CCCC2)nc1C(C)(C)C. The molecule has 26 heavy (non-hydrogen) atoms. The van der Waals surface area contributed by atoms with Crippen LogP contribution in [-0.2, 0) is 15.4 Å². The molecule has 1 saturated carbocycles. The lowest BCUT2D eigenvalue weighted by molar-refractivity contribution is 0.393. The molecule has 150 valence electrons. The third-order valence-electron chi connectivity index (χ3n) is 5.25. The molecule has 0 aliphatic heterocycles. The molecule has 1 aromatic heterocycles. The highest BCUT2D eigenvalue weighted by atomic mass is 32.2. The fourth-order valence-corrected chi connectivity index (χ4v) is 5.45. The van der Waals surface area contributed by atoms with E-state index in [1.165, 1.54) is 12.8 Å². The Morgan fingerprint density at radius 3 is 2.12 bits per heavy atom. The average molecular weight is 384 g/mol. The second kappa shape index (κ2) is 8.87. The van der Waals surface area contributed by atoms with Gasteiger partial charge in [-0.05, 0) is 25.7 Å². The van der Waals surface area contributed by atoms with Crippen molar-refractivity contribution in [2.75, 3.05) is 13.1 Å². The van der Waals surface area contributed by atoms with Crippen LogP contribution in [0, 0.1) is 0 Å². The highest BCUT2D eigenvalue weighted by Gasteiger charge is 2.34. The van der Waals surface area contributed by atoms with Crippen molar-refractivity contribution in [2.24, 2.45) is 0 Å². The van der Waals surface area contributed by atoms with E-state index < -0.39 is 10.0 Å². The van der Waals surface area contributed by atoms with E-state index >= 15 is 0 Å². The van der Waals surface area contributed by atoms with Crippen molar-refractivity contribution in [3.63, 3.8) is 0 Å². The summed E-state index contributed by atoms with van der Waals surface area (Å²) in [6.45, 7) is 11.5. The summed E-state index contributed by atoms with van der Waals surface area (Å²) in [5.74, 6) is 0. The third-order valence-corrected chi connectivity index (χ3v) is 7.15. The summed E-state index contributed by atoms with van der Waals surface area (Å²) in [5.41, 5.74) is 0.412. The van der Waals surface area contributed by atoms with Gasteiger partial charge in [-0.2, -0.15) is 9.40 Å². The normalized spacial score (nSPS) is 16.7. The maximum atomic E-state index is 13.5. The van der Waals surface area contributed by atoms with E-state index in [1.54, 1.807) is 4.31 Å². The first-order valence-corrected chi connectivity index (χ1v) is 11.8. The lowest BCUT2D eigenvalue weighted by Gasteiger charge is -2.24. The number of sulfonamides is 1. The minimum Gasteiger partial charge on any atom is -0.268 e. The lowest BCUT2D eigenvalue weighted by Crippen LogP contribution is -2.34. The van der Waals surface area contributed by atoms with Crippen molar-refractivity contribution >= 4 is 10.0 Å². The second-order valence-corrected chi connectivity index (χ2v) is 10.5. The minimum absolute atomic E-state index is 0.298. The van der Waals surface area contributed by atoms with Gasteiger partial charge in [0.1, 0.15) is 4.90 Å². The maximum Gasteiger partial charge on any atom is 0.246 e. The Morgan fingerprint density at radius 2 is 1.65 bits per heavy atom. The van der Waals surface area contributed by atoms with Crippen LogP contribution in [0.25, 0.3) is 0 Å². The van der Waals surface area contributed by atoms with Gasteiger partial charge in [-0.15, -0.1) is 0 Å². The topological polar surface area (TPSA) is 55.2 Å². The van der Waals surface area contributed by atoms with Crippen LogP contribution >= 0.6 is 0 Å². The molecule has 1 heterocycles. The minimum atomic E-state index is -3.52. The molecule has 0 radical (unpaired) electrons. The van der Waals surface area contributed by atoms with Crippen molar-refractivity contribution in [3.8, 4) is 0 Å². The van der Waals surface area contributed by atoms with Gasteiger partial charge in [-0.25, -0.2) is 8.42 Å². The largest absolute Gasteiger partial charge is 0.268 e. The summed E-state index contributed by atoms with van der Waals surface area (Å²) in [6.07, 6.45) is 10.2. The number of unbranched alkanes of at least 4 members (excludes halogenated alkanes) is 2. The summed E-state index contributed by atoms with van der Waals surface area (Å²) < 4.78 is 30.7. The highest BCUT2D eigenvalue weighted by molar-refractivity contribution is 7.89. The zero-order valence-electron chi connectivity index (χ0n) is 17.3. The molecule has 0 atom stereocenters.